The van der Waals surface area contributed by atoms with Crippen molar-refractivity contribution in [2.45, 2.75) is 45.2 Å². The Hall–Kier alpha value is -1.68. The normalized spacial score (nSPS) is 16.9. The van der Waals surface area contributed by atoms with E-state index in [0.717, 1.165) is 5.82 Å². The Morgan fingerprint density at radius 2 is 1.95 bits per heavy atom. The van der Waals surface area contributed by atoms with E-state index in [9.17, 15) is 0 Å². The van der Waals surface area contributed by atoms with Crippen LogP contribution in [0, 0.1) is 0 Å². The molecular formula is C16H22N4. The first-order valence-corrected chi connectivity index (χ1v) is 7.37. The molecule has 4 heteroatoms. The van der Waals surface area contributed by atoms with Gasteiger partial charge in [-0.05, 0) is 49.8 Å². The third-order valence-electron chi connectivity index (χ3n) is 4.26. The van der Waals surface area contributed by atoms with Gasteiger partial charge in [0.15, 0.2) is 0 Å². The molecule has 0 saturated heterocycles. The second-order valence-corrected chi connectivity index (χ2v) is 5.79. The fourth-order valence-corrected chi connectivity index (χ4v) is 3.09. The summed E-state index contributed by atoms with van der Waals surface area (Å²) in [5, 5.41) is 11.7. The first-order valence-electron chi connectivity index (χ1n) is 7.37. The van der Waals surface area contributed by atoms with Crippen molar-refractivity contribution >= 4 is 0 Å². The first kappa shape index (κ1) is 13.3. The molecule has 2 unspecified atom stereocenters. The summed E-state index contributed by atoms with van der Waals surface area (Å²) >= 11 is 0. The smallest absolute Gasteiger partial charge is 0.149 e. The highest BCUT2D eigenvalue weighted by Gasteiger charge is 2.17. The number of rotatable bonds is 4. The molecule has 1 aromatic carbocycles. The minimum atomic E-state index is 0.186. The molecule has 0 aliphatic heterocycles. The standard InChI is InChI=1S/C16H22N4/c1-11(18-12(2)16-19-17-10-20(16)3)14-8-7-13-5-4-6-15(13)9-14/h7-12,18H,4-6H2,1-3H3. The highest BCUT2D eigenvalue weighted by atomic mass is 15.3. The molecule has 1 aliphatic rings. The largest absolute Gasteiger partial charge is 0.319 e. The van der Waals surface area contributed by atoms with Gasteiger partial charge in [-0.15, -0.1) is 10.2 Å². The molecule has 2 atom stereocenters. The summed E-state index contributed by atoms with van der Waals surface area (Å²) in [5.41, 5.74) is 4.42. The van der Waals surface area contributed by atoms with Crippen LogP contribution in [0.25, 0.3) is 0 Å². The summed E-state index contributed by atoms with van der Waals surface area (Å²) in [6, 6.07) is 7.41. The van der Waals surface area contributed by atoms with Crippen molar-refractivity contribution in [2.24, 2.45) is 7.05 Å². The zero-order valence-corrected chi connectivity index (χ0v) is 12.4. The summed E-state index contributed by atoms with van der Waals surface area (Å²) in [6.45, 7) is 4.34. The lowest BCUT2D eigenvalue weighted by atomic mass is 10.0. The Morgan fingerprint density at radius 3 is 2.70 bits per heavy atom. The molecule has 2 aromatic rings. The van der Waals surface area contributed by atoms with Gasteiger partial charge < -0.3 is 9.88 Å². The average Bonchev–Trinajstić information content (AvgIpc) is 3.05. The van der Waals surface area contributed by atoms with E-state index in [0.29, 0.717) is 6.04 Å². The van der Waals surface area contributed by atoms with E-state index >= 15 is 0 Å². The van der Waals surface area contributed by atoms with Gasteiger partial charge in [-0.2, -0.15) is 0 Å². The predicted molar refractivity (Wildman–Crippen MR) is 79.4 cm³/mol. The molecule has 1 aliphatic carbocycles. The predicted octanol–water partition coefficient (Wildman–Crippen LogP) is 2.72. The zero-order valence-electron chi connectivity index (χ0n) is 12.4. The van der Waals surface area contributed by atoms with E-state index in [1.165, 1.54) is 36.0 Å². The molecule has 0 fully saturated rings. The van der Waals surface area contributed by atoms with Gasteiger partial charge in [0.1, 0.15) is 12.2 Å². The maximum absolute atomic E-state index is 4.17. The zero-order chi connectivity index (χ0) is 14.1. The molecule has 106 valence electrons. The Bertz CT molecular complexity index is 602. The molecule has 1 N–H and O–H groups in total. The van der Waals surface area contributed by atoms with Crippen LogP contribution >= 0.6 is 0 Å². The molecule has 0 saturated carbocycles. The number of nitrogens with one attached hydrogen (secondary N) is 1. The van der Waals surface area contributed by atoms with Crippen LogP contribution in [0.1, 0.15) is 54.9 Å². The SMILES string of the molecule is CC(NC(C)c1nncn1C)c1ccc2c(c1)CCC2. The number of fused-ring (bicyclic) bond motifs is 1. The van der Waals surface area contributed by atoms with E-state index in [2.05, 4.69) is 47.6 Å². The van der Waals surface area contributed by atoms with Crippen molar-refractivity contribution in [1.82, 2.24) is 20.1 Å². The van der Waals surface area contributed by atoms with Crippen molar-refractivity contribution in [3.63, 3.8) is 0 Å². The topological polar surface area (TPSA) is 42.7 Å². The van der Waals surface area contributed by atoms with Crippen LogP contribution in [-0.4, -0.2) is 14.8 Å². The Labute approximate surface area is 120 Å². The van der Waals surface area contributed by atoms with E-state index in [-0.39, 0.29) is 6.04 Å². The number of aryl methyl sites for hydroxylation is 3. The third-order valence-corrected chi connectivity index (χ3v) is 4.26. The Morgan fingerprint density at radius 1 is 1.15 bits per heavy atom. The third kappa shape index (κ3) is 2.48. The van der Waals surface area contributed by atoms with Crippen LogP contribution in [-0.2, 0) is 19.9 Å². The summed E-state index contributed by atoms with van der Waals surface area (Å²) < 4.78 is 1.97. The Kier molecular flexibility index (Phi) is 3.57. The lowest BCUT2D eigenvalue weighted by Gasteiger charge is -2.20. The molecule has 20 heavy (non-hydrogen) atoms. The van der Waals surface area contributed by atoms with E-state index in [1.54, 1.807) is 6.33 Å². The van der Waals surface area contributed by atoms with Gasteiger partial charge in [-0.3, -0.25) is 0 Å². The van der Waals surface area contributed by atoms with Gasteiger partial charge in [0, 0.05) is 13.1 Å². The molecule has 1 aromatic heterocycles. The summed E-state index contributed by atoms with van der Waals surface area (Å²) in [6.07, 6.45) is 5.52. The number of aromatic nitrogens is 3. The molecule has 0 spiro atoms. The molecule has 0 amide bonds. The number of hydrogen-bond acceptors (Lipinski definition) is 3. The number of benzene rings is 1. The second-order valence-electron chi connectivity index (χ2n) is 5.79. The van der Waals surface area contributed by atoms with Crippen molar-refractivity contribution in [3.8, 4) is 0 Å². The van der Waals surface area contributed by atoms with Gasteiger partial charge in [0.05, 0.1) is 6.04 Å². The maximum atomic E-state index is 4.17. The van der Waals surface area contributed by atoms with Gasteiger partial charge in [0.2, 0.25) is 0 Å². The molecule has 3 rings (SSSR count). The monoisotopic (exact) mass is 270 g/mol. The molecular weight excluding hydrogens is 248 g/mol. The van der Waals surface area contributed by atoms with Crippen LogP contribution < -0.4 is 5.32 Å². The highest BCUT2D eigenvalue weighted by molar-refractivity contribution is 5.36. The lowest BCUT2D eigenvalue weighted by Crippen LogP contribution is -2.24. The van der Waals surface area contributed by atoms with Crippen molar-refractivity contribution in [2.75, 3.05) is 0 Å². The fraction of sp³-hybridized carbons (Fsp3) is 0.500. The molecule has 1 heterocycles. The van der Waals surface area contributed by atoms with Crippen LogP contribution in [0.15, 0.2) is 24.5 Å². The second kappa shape index (κ2) is 5.37. The van der Waals surface area contributed by atoms with E-state index < -0.39 is 0 Å². The van der Waals surface area contributed by atoms with Crippen molar-refractivity contribution in [3.05, 3.63) is 47.0 Å². The molecule has 0 bridgehead atoms. The molecule has 4 nitrogen and oxygen atoms in total. The van der Waals surface area contributed by atoms with E-state index in [4.69, 9.17) is 0 Å². The van der Waals surface area contributed by atoms with Crippen LogP contribution in [0.2, 0.25) is 0 Å². The quantitative estimate of drug-likeness (QED) is 0.929. The van der Waals surface area contributed by atoms with Gasteiger partial charge in [-0.1, -0.05) is 18.2 Å². The van der Waals surface area contributed by atoms with Crippen LogP contribution in [0.4, 0.5) is 0 Å². The van der Waals surface area contributed by atoms with Crippen molar-refractivity contribution < 1.29 is 0 Å². The van der Waals surface area contributed by atoms with Crippen LogP contribution in [0.5, 0.6) is 0 Å². The van der Waals surface area contributed by atoms with Gasteiger partial charge in [-0.25, -0.2) is 0 Å². The Balaban J connectivity index is 1.73. The maximum Gasteiger partial charge on any atom is 0.149 e. The minimum absolute atomic E-state index is 0.186. The number of hydrogen-bond donors (Lipinski definition) is 1. The summed E-state index contributed by atoms with van der Waals surface area (Å²) in [7, 11) is 1.98. The van der Waals surface area contributed by atoms with E-state index in [1.807, 2.05) is 11.6 Å². The highest BCUT2D eigenvalue weighted by Crippen LogP contribution is 2.26. The molecule has 0 radical (unpaired) electrons. The fourth-order valence-electron chi connectivity index (χ4n) is 3.09. The first-order chi connectivity index (χ1) is 9.65. The van der Waals surface area contributed by atoms with Gasteiger partial charge >= 0.3 is 0 Å². The number of nitrogens with zero attached hydrogens (tertiary/aromatic N) is 3. The van der Waals surface area contributed by atoms with Gasteiger partial charge in [0.25, 0.3) is 0 Å². The minimum Gasteiger partial charge on any atom is -0.319 e. The summed E-state index contributed by atoms with van der Waals surface area (Å²) in [5.74, 6) is 0.970. The average molecular weight is 270 g/mol. The van der Waals surface area contributed by atoms with Crippen molar-refractivity contribution in [1.29, 1.82) is 0 Å². The van der Waals surface area contributed by atoms with Crippen LogP contribution in [0.3, 0.4) is 0 Å². The lowest BCUT2D eigenvalue weighted by molar-refractivity contribution is 0.466. The summed E-state index contributed by atoms with van der Waals surface area (Å²) in [4.78, 5) is 0.